The van der Waals surface area contributed by atoms with Crippen LogP contribution in [0.3, 0.4) is 0 Å². The van der Waals surface area contributed by atoms with Crippen LogP contribution in [0.1, 0.15) is 54.7 Å². The average molecular weight is 478 g/mol. The van der Waals surface area contributed by atoms with E-state index < -0.39 is 0 Å². The molecule has 2 aromatic carbocycles. The maximum atomic E-state index is 12.7. The van der Waals surface area contributed by atoms with Crippen LogP contribution >= 0.6 is 0 Å². The number of fused-ring (bicyclic) bond motifs is 3. The van der Waals surface area contributed by atoms with Gasteiger partial charge in [-0.05, 0) is 75.8 Å². The summed E-state index contributed by atoms with van der Waals surface area (Å²) >= 11 is 0. The molecular formula is C29H35NO5. The molecule has 0 fully saturated rings. The Bertz CT molecular complexity index is 1250. The lowest BCUT2D eigenvalue weighted by Crippen LogP contribution is -2.23. The van der Waals surface area contributed by atoms with Crippen LogP contribution in [0.15, 0.2) is 34.8 Å². The second kappa shape index (κ2) is 10.9. The minimum atomic E-state index is -0.127. The van der Waals surface area contributed by atoms with Crippen molar-refractivity contribution in [3.63, 3.8) is 0 Å². The second-order valence-corrected chi connectivity index (χ2v) is 8.96. The van der Waals surface area contributed by atoms with Gasteiger partial charge in [-0.3, -0.25) is 4.79 Å². The smallest absolute Gasteiger partial charge is 0.244 e. The molecule has 4 rings (SSSR count). The SMILES string of the molecule is CCOc1c(/C(C)=C/C(=O)NCCc2ccc(OC)c(OC)c2)cc2c3c(oc2c1C)CCCC3. The van der Waals surface area contributed by atoms with Crippen LogP contribution in [0.2, 0.25) is 0 Å². The summed E-state index contributed by atoms with van der Waals surface area (Å²) < 4.78 is 22.9. The number of benzene rings is 2. The molecule has 0 radical (unpaired) electrons. The molecule has 0 unspecified atom stereocenters. The molecule has 6 heteroatoms. The van der Waals surface area contributed by atoms with Crippen molar-refractivity contribution in [2.75, 3.05) is 27.4 Å². The minimum Gasteiger partial charge on any atom is -0.493 e. The van der Waals surface area contributed by atoms with Gasteiger partial charge in [-0.1, -0.05) is 6.07 Å². The maximum absolute atomic E-state index is 12.7. The van der Waals surface area contributed by atoms with Gasteiger partial charge in [0.25, 0.3) is 0 Å². The van der Waals surface area contributed by atoms with Crippen LogP contribution in [-0.4, -0.2) is 33.3 Å². The largest absolute Gasteiger partial charge is 0.493 e. The molecule has 0 spiro atoms. The van der Waals surface area contributed by atoms with Crippen molar-refractivity contribution in [1.82, 2.24) is 5.32 Å². The average Bonchev–Trinajstić information content (AvgIpc) is 3.24. The molecule has 1 amide bonds. The first kappa shape index (κ1) is 24.7. The standard InChI is InChI=1S/C29H35NO5/c1-6-34-28-19(3)29-23(21-9-7-8-10-24(21)35-29)17-22(28)18(2)15-27(31)30-14-13-20-11-12-25(32-4)26(16-20)33-5/h11-12,15-17H,6-10,13-14H2,1-5H3,(H,30,31)/b18-15+. The molecule has 0 saturated carbocycles. The first-order chi connectivity index (χ1) is 17.0. The Hall–Kier alpha value is -3.41. The molecule has 1 N–H and O–H groups in total. The molecular weight excluding hydrogens is 442 g/mol. The van der Waals surface area contributed by atoms with Crippen molar-refractivity contribution in [2.24, 2.45) is 0 Å². The third kappa shape index (κ3) is 5.16. The number of carbonyl (C=O) groups is 1. The van der Waals surface area contributed by atoms with Crippen LogP contribution in [0.5, 0.6) is 17.2 Å². The molecule has 0 atom stereocenters. The van der Waals surface area contributed by atoms with E-state index in [1.807, 2.05) is 39.0 Å². The van der Waals surface area contributed by atoms with E-state index >= 15 is 0 Å². The van der Waals surface area contributed by atoms with Crippen molar-refractivity contribution in [1.29, 1.82) is 0 Å². The third-order valence-corrected chi connectivity index (χ3v) is 6.65. The Kier molecular flexibility index (Phi) is 7.69. The van der Waals surface area contributed by atoms with E-state index in [2.05, 4.69) is 11.4 Å². The molecule has 6 nitrogen and oxygen atoms in total. The minimum absolute atomic E-state index is 0.127. The molecule has 0 saturated heterocycles. The van der Waals surface area contributed by atoms with E-state index in [0.29, 0.717) is 31.1 Å². The predicted molar refractivity (Wildman–Crippen MR) is 139 cm³/mol. The number of amides is 1. The van der Waals surface area contributed by atoms with E-state index in [-0.39, 0.29) is 5.91 Å². The van der Waals surface area contributed by atoms with Gasteiger partial charge in [-0.2, -0.15) is 0 Å². The summed E-state index contributed by atoms with van der Waals surface area (Å²) in [6, 6.07) is 7.93. The monoisotopic (exact) mass is 477 g/mol. The molecule has 1 aliphatic rings. The molecule has 0 bridgehead atoms. The maximum Gasteiger partial charge on any atom is 0.244 e. The summed E-state index contributed by atoms with van der Waals surface area (Å²) in [4.78, 5) is 12.7. The highest BCUT2D eigenvalue weighted by atomic mass is 16.5. The van der Waals surface area contributed by atoms with Crippen LogP contribution in [0.25, 0.3) is 16.5 Å². The van der Waals surface area contributed by atoms with Crippen molar-refractivity contribution >= 4 is 22.4 Å². The lowest BCUT2D eigenvalue weighted by molar-refractivity contribution is -0.116. The fourth-order valence-electron chi connectivity index (χ4n) is 4.85. The normalized spacial score (nSPS) is 13.5. The molecule has 3 aromatic rings. The summed E-state index contributed by atoms with van der Waals surface area (Å²) in [6.07, 6.45) is 6.72. The van der Waals surface area contributed by atoms with E-state index in [0.717, 1.165) is 57.6 Å². The molecule has 0 aliphatic heterocycles. The summed E-state index contributed by atoms with van der Waals surface area (Å²) in [5, 5.41) is 4.15. The number of rotatable bonds is 9. The Morgan fingerprint density at radius 1 is 1.11 bits per heavy atom. The highest BCUT2D eigenvalue weighted by Gasteiger charge is 2.23. The van der Waals surface area contributed by atoms with Gasteiger partial charge in [-0.25, -0.2) is 0 Å². The Labute approximate surface area is 207 Å². The van der Waals surface area contributed by atoms with Gasteiger partial charge in [0.15, 0.2) is 11.5 Å². The topological polar surface area (TPSA) is 69.9 Å². The summed E-state index contributed by atoms with van der Waals surface area (Å²) in [5.41, 5.74) is 6.10. The number of ether oxygens (including phenoxy) is 3. The van der Waals surface area contributed by atoms with Gasteiger partial charge in [0, 0.05) is 41.1 Å². The Morgan fingerprint density at radius 3 is 2.63 bits per heavy atom. The Balaban J connectivity index is 1.53. The van der Waals surface area contributed by atoms with Gasteiger partial charge < -0.3 is 23.9 Å². The van der Waals surface area contributed by atoms with Crippen LogP contribution in [-0.2, 0) is 24.1 Å². The van der Waals surface area contributed by atoms with E-state index in [9.17, 15) is 4.79 Å². The van der Waals surface area contributed by atoms with E-state index in [1.165, 1.54) is 18.4 Å². The van der Waals surface area contributed by atoms with Gasteiger partial charge in [0.05, 0.1) is 20.8 Å². The number of hydrogen-bond acceptors (Lipinski definition) is 5. The van der Waals surface area contributed by atoms with Crippen molar-refractivity contribution < 1.29 is 23.4 Å². The number of methoxy groups -OCH3 is 2. The van der Waals surface area contributed by atoms with Crippen LogP contribution < -0.4 is 19.5 Å². The molecule has 1 heterocycles. The quantitative estimate of drug-likeness (QED) is 0.395. The van der Waals surface area contributed by atoms with Gasteiger partial charge in [0.1, 0.15) is 17.1 Å². The van der Waals surface area contributed by atoms with Crippen LogP contribution in [0, 0.1) is 6.92 Å². The zero-order chi connectivity index (χ0) is 24.9. The van der Waals surface area contributed by atoms with Crippen LogP contribution in [0.4, 0.5) is 0 Å². The second-order valence-electron chi connectivity index (χ2n) is 8.96. The first-order valence-corrected chi connectivity index (χ1v) is 12.3. The fraction of sp³-hybridized carbons (Fsp3) is 0.414. The van der Waals surface area contributed by atoms with E-state index in [1.54, 1.807) is 20.3 Å². The highest BCUT2D eigenvalue weighted by molar-refractivity contribution is 5.98. The molecule has 186 valence electrons. The number of carbonyl (C=O) groups excluding carboxylic acids is 1. The van der Waals surface area contributed by atoms with E-state index in [4.69, 9.17) is 18.6 Å². The lowest BCUT2D eigenvalue weighted by atomic mass is 9.93. The number of aryl methyl sites for hydroxylation is 3. The van der Waals surface area contributed by atoms with Crippen molar-refractivity contribution in [3.05, 3.63) is 58.4 Å². The lowest BCUT2D eigenvalue weighted by Gasteiger charge is -2.15. The van der Waals surface area contributed by atoms with Gasteiger partial charge in [0.2, 0.25) is 5.91 Å². The fourth-order valence-corrected chi connectivity index (χ4v) is 4.85. The highest BCUT2D eigenvalue weighted by Crippen LogP contribution is 2.41. The zero-order valence-electron chi connectivity index (χ0n) is 21.4. The van der Waals surface area contributed by atoms with Gasteiger partial charge in [-0.15, -0.1) is 0 Å². The number of furan rings is 1. The summed E-state index contributed by atoms with van der Waals surface area (Å²) in [5.74, 6) is 3.14. The number of allylic oxidation sites excluding steroid dienone is 1. The summed E-state index contributed by atoms with van der Waals surface area (Å²) in [7, 11) is 3.23. The zero-order valence-corrected chi connectivity index (χ0v) is 21.4. The molecule has 35 heavy (non-hydrogen) atoms. The predicted octanol–water partition coefficient (Wildman–Crippen LogP) is 5.80. The molecule has 1 aromatic heterocycles. The van der Waals surface area contributed by atoms with Gasteiger partial charge >= 0.3 is 0 Å². The van der Waals surface area contributed by atoms with Crippen molar-refractivity contribution in [2.45, 2.75) is 52.9 Å². The third-order valence-electron chi connectivity index (χ3n) is 6.65. The number of hydrogen-bond donors (Lipinski definition) is 1. The Morgan fingerprint density at radius 2 is 1.89 bits per heavy atom. The number of nitrogens with one attached hydrogen (secondary N) is 1. The molecule has 1 aliphatic carbocycles. The first-order valence-electron chi connectivity index (χ1n) is 12.3. The summed E-state index contributed by atoms with van der Waals surface area (Å²) in [6.45, 7) is 7.04. The van der Waals surface area contributed by atoms with Crippen molar-refractivity contribution in [3.8, 4) is 17.2 Å².